The van der Waals surface area contributed by atoms with Crippen LogP contribution < -0.4 is 14.5 Å². The number of amides is 1. The van der Waals surface area contributed by atoms with E-state index in [0.717, 1.165) is 21.7 Å². The number of anilines is 1. The van der Waals surface area contributed by atoms with Crippen molar-refractivity contribution in [1.29, 1.82) is 0 Å². The average Bonchev–Trinajstić information content (AvgIpc) is 2.88. The molecule has 1 amide bonds. The molecule has 8 heteroatoms. The van der Waals surface area contributed by atoms with E-state index in [1.807, 2.05) is 36.4 Å². The minimum atomic E-state index is -3.67. The topological polar surface area (TPSA) is 88.1 Å². The molecule has 7 nitrogen and oxygen atoms in total. The van der Waals surface area contributed by atoms with Gasteiger partial charge in [0.2, 0.25) is 10.0 Å². The van der Waals surface area contributed by atoms with Crippen LogP contribution in [0.5, 0.6) is 5.75 Å². The van der Waals surface area contributed by atoms with E-state index in [-0.39, 0.29) is 0 Å². The number of carbonyl (C=O) groups excluding carboxylic acids is 1. The number of rotatable bonds is 9. The van der Waals surface area contributed by atoms with Gasteiger partial charge in [0, 0.05) is 0 Å². The summed E-state index contributed by atoms with van der Waals surface area (Å²) in [5.41, 5.74) is 4.66. The maximum atomic E-state index is 12.6. The van der Waals surface area contributed by atoms with E-state index in [0.29, 0.717) is 18.0 Å². The van der Waals surface area contributed by atoms with Crippen LogP contribution in [0.15, 0.2) is 102 Å². The number of ether oxygens (including phenoxy) is 1. The van der Waals surface area contributed by atoms with Gasteiger partial charge in [-0.15, -0.1) is 0 Å². The van der Waals surface area contributed by atoms with E-state index < -0.39 is 22.0 Å². The Labute approximate surface area is 211 Å². The summed E-state index contributed by atoms with van der Waals surface area (Å²) in [5.74, 6) is 0.167. The number of hydrogen-bond acceptors (Lipinski definition) is 5. The van der Waals surface area contributed by atoms with Crippen molar-refractivity contribution in [2.45, 2.75) is 19.6 Å². The molecule has 0 aliphatic heterocycles. The lowest BCUT2D eigenvalue weighted by Gasteiger charge is -2.27. The summed E-state index contributed by atoms with van der Waals surface area (Å²) >= 11 is 0. The van der Waals surface area contributed by atoms with Crippen LogP contribution in [0.1, 0.15) is 18.1 Å². The molecule has 4 rings (SSSR count). The predicted octanol–water partition coefficient (Wildman–Crippen LogP) is 4.72. The minimum Gasteiger partial charge on any atom is -0.489 e. The molecule has 0 aliphatic carbocycles. The molecule has 0 fully saturated rings. The molecule has 0 aromatic heterocycles. The zero-order valence-corrected chi connectivity index (χ0v) is 20.9. The Bertz CT molecular complexity index is 1470. The van der Waals surface area contributed by atoms with Gasteiger partial charge in [0.15, 0.2) is 0 Å². The molecular formula is C28H27N3O4S. The zero-order chi connectivity index (χ0) is 25.5. The molecule has 0 aliphatic rings. The standard InChI is InChI=1S/C28H27N3O4S/c1-21(31(36(2,33)34)26-10-4-3-5-11-26)28(32)30-29-19-22-13-16-27(17-14-22)35-20-23-12-15-24-8-6-7-9-25(24)18-23/h3-19,21H,20H2,1-2H3,(H,30,32)/b29-19-/t21-/m0/s1. The first-order chi connectivity index (χ1) is 17.3. The molecule has 0 saturated carbocycles. The molecule has 184 valence electrons. The summed E-state index contributed by atoms with van der Waals surface area (Å²) in [7, 11) is -3.67. The molecule has 0 saturated heterocycles. The molecule has 1 N–H and O–H groups in total. The summed E-state index contributed by atoms with van der Waals surface area (Å²) in [6, 6.07) is 29.2. The van der Waals surface area contributed by atoms with Gasteiger partial charge in [0.1, 0.15) is 18.4 Å². The van der Waals surface area contributed by atoms with Gasteiger partial charge in [-0.25, -0.2) is 13.8 Å². The zero-order valence-electron chi connectivity index (χ0n) is 20.0. The number of fused-ring (bicyclic) bond motifs is 1. The monoisotopic (exact) mass is 501 g/mol. The van der Waals surface area contributed by atoms with Crippen LogP contribution in [0.4, 0.5) is 5.69 Å². The number of nitrogens with zero attached hydrogens (tertiary/aromatic N) is 2. The molecule has 0 heterocycles. The van der Waals surface area contributed by atoms with Gasteiger partial charge in [-0.3, -0.25) is 9.10 Å². The van der Waals surface area contributed by atoms with Crippen molar-refractivity contribution in [2.24, 2.45) is 5.10 Å². The largest absolute Gasteiger partial charge is 0.489 e. The second kappa shape index (κ2) is 11.0. The van der Waals surface area contributed by atoms with Crippen molar-refractivity contribution in [1.82, 2.24) is 5.43 Å². The lowest BCUT2D eigenvalue weighted by molar-refractivity contribution is -0.121. The number of nitrogens with one attached hydrogen (secondary N) is 1. The van der Waals surface area contributed by atoms with Crippen LogP contribution in [-0.2, 0) is 21.4 Å². The molecular weight excluding hydrogens is 474 g/mol. The second-order valence-corrected chi connectivity index (χ2v) is 10.2. The van der Waals surface area contributed by atoms with Gasteiger partial charge in [-0.1, -0.05) is 54.6 Å². The van der Waals surface area contributed by atoms with Crippen molar-refractivity contribution in [3.05, 3.63) is 108 Å². The van der Waals surface area contributed by atoms with Crippen LogP contribution in [0.3, 0.4) is 0 Å². The van der Waals surface area contributed by atoms with Crippen molar-refractivity contribution >= 4 is 38.6 Å². The van der Waals surface area contributed by atoms with Gasteiger partial charge >= 0.3 is 0 Å². The number of benzene rings is 4. The highest BCUT2D eigenvalue weighted by molar-refractivity contribution is 7.92. The molecule has 0 unspecified atom stereocenters. The maximum Gasteiger partial charge on any atom is 0.263 e. The van der Waals surface area contributed by atoms with Gasteiger partial charge in [-0.05, 0) is 71.3 Å². The van der Waals surface area contributed by atoms with Gasteiger partial charge in [0.25, 0.3) is 5.91 Å². The molecule has 1 atom stereocenters. The summed E-state index contributed by atoms with van der Waals surface area (Å²) in [6.07, 6.45) is 2.56. The third-order valence-corrected chi connectivity index (χ3v) is 6.83. The Morgan fingerprint density at radius 3 is 2.31 bits per heavy atom. The fraction of sp³-hybridized carbons (Fsp3) is 0.143. The first kappa shape index (κ1) is 24.9. The minimum absolute atomic E-state index is 0.408. The molecule has 36 heavy (non-hydrogen) atoms. The highest BCUT2D eigenvalue weighted by atomic mass is 32.2. The summed E-state index contributed by atoms with van der Waals surface area (Å²) < 4.78 is 31.6. The van der Waals surface area contributed by atoms with Crippen molar-refractivity contribution in [3.63, 3.8) is 0 Å². The van der Waals surface area contributed by atoms with Crippen LogP contribution in [0.2, 0.25) is 0 Å². The number of sulfonamides is 1. The highest BCUT2D eigenvalue weighted by Gasteiger charge is 2.28. The second-order valence-electron chi connectivity index (χ2n) is 8.34. The van der Waals surface area contributed by atoms with Gasteiger partial charge in [0.05, 0.1) is 18.2 Å². The van der Waals surface area contributed by atoms with E-state index in [9.17, 15) is 13.2 Å². The predicted molar refractivity (Wildman–Crippen MR) is 144 cm³/mol. The van der Waals surface area contributed by atoms with E-state index >= 15 is 0 Å². The Kier molecular flexibility index (Phi) is 7.65. The molecule has 0 bridgehead atoms. The van der Waals surface area contributed by atoms with Crippen LogP contribution >= 0.6 is 0 Å². The summed E-state index contributed by atoms with van der Waals surface area (Å²) in [5, 5.41) is 6.35. The number of hydrogen-bond donors (Lipinski definition) is 1. The Morgan fingerprint density at radius 1 is 0.944 bits per heavy atom. The lowest BCUT2D eigenvalue weighted by atomic mass is 10.1. The fourth-order valence-corrected chi connectivity index (χ4v) is 4.97. The van der Waals surface area contributed by atoms with Crippen molar-refractivity contribution in [3.8, 4) is 5.75 Å². The number of hydrazone groups is 1. The Morgan fingerprint density at radius 2 is 1.61 bits per heavy atom. The van der Waals surface area contributed by atoms with Crippen molar-refractivity contribution in [2.75, 3.05) is 10.6 Å². The summed E-state index contributed by atoms with van der Waals surface area (Å²) in [4.78, 5) is 12.6. The maximum absolute atomic E-state index is 12.6. The third kappa shape index (κ3) is 6.28. The quantitative estimate of drug-likeness (QED) is 0.265. The molecule has 0 radical (unpaired) electrons. The fourth-order valence-electron chi connectivity index (χ4n) is 3.79. The number of carbonyl (C=O) groups is 1. The Balaban J connectivity index is 1.33. The van der Waals surface area contributed by atoms with Gasteiger partial charge in [-0.2, -0.15) is 5.10 Å². The Hall–Kier alpha value is -4.17. The molecule has 0 spiro atoms. The highest BCUT2D eigenvalue weighted by Crippen LogP contribution is 2.20. The molecule has 4 aromatic rings. The van der Waals surface area contributed by atoms with E-state index in [4.69, 9.17) is 4.74 Å². The number of para-hydroxylation sites is 1. The van der Waals surface area contributed by atoms with Crippen LogP contribution in [-0.4, -0.2) is 32.8 Å². The first-order valence-corrected chi connectivity index (χ1v) is 13.2. The first-order valence-electron chi connectivity index (χ1n) is 11.4. The van der Waals surface area contributed by atoms with E-state index in [2.05, 4.69) is 40.9 Å². The van der Waals surface area contributed by atoms with Crippen LogP contribution in [0.25, 0.3) is 10.8 Å². The summed E-state index contributed by atoms with van der Waals surface area (Å²) in [6.45, 7) is 1.96. The van der Waals surface area contributed by atoms with Gasteiger partial charge < -0.3 is 4.74 Å². The normalized spacial score (nSPS) is 12.4. The van der Waals surface area contributed by atoms with Crippen molar-refractivity contribution < 1.29 is 17.9 Å². The van der Waals surface area contributed by atoms with E-state index in [1.54, 1.807) is 30.3 Å². The molecule has 4 aromatic carbocycles. The smallest absolute Gasteiger partial charge is 0.263 e. The van der Waals surface area contributed by atoms with Crippen LogP contribution in [0, 0.1) is 0 Å². The average molecular weight is 502 g/mol. The third-order valence-electron chi connectivity index (χ3n) is 5.59. The lowest BCUT2D eigenvalue weighted by Crippen LogP contribution is -2.46. The van der Waals surface area contributed by atoms with E-state index in [1.165, 1.54) is 23.9 Å². The SMILES string of the molecule is C[C@@H](C(=O)N/N=C\c1ccc(OCc2ccc3ccccc3c2)cc1)N(c1ccccc1)S(C)(=O)=O.